The van der Waals surface area contributed by atoms with Crippen molar-refractivity contribution in [2.45, 2.75) is 29.7 Å². The van der Waals surface area contributed by atoms with Crippen molar-refractivity contribution < 1.29 is 22.3 Å². The molecule has 0 radical (unpaired) electrons. The summed E-state index contributed by atoms with van der Waals surface area (Å²) in [5.41, 5.74) is 0.133. The van der Waals surface area contributed by atoms with E-state index in [9.17, 15) is 17.6 Å². The van der Waals surface area contributed by atoms with E-state index in [2.05, 4.69) is 9.46 Å². The molecule has 25 heavy (non-hydrogen) atoms. The molecule has 134 valence electrons. The van der Waals surface area contributed by atoms with Crippen LogP contribution in [0.5, 0.6) is 0 Å². The van der Waals surface area contributed by atoms with Gasteiger partial charge in [0, 0.05) is 13.2 Å². The van der Waals surface area contributed by atoms with E-state index in [0.717, 1.165) is 12.0 Å². The van der Waals surface area contributed by atoms with Crippen molar-refractivity contribution in [3.63, 3.8) is 0 Å². The van der Waals surface area contributed by atoms with E-state index in [-0.39, 0.29) is 16.4 Å². The molecule has 0 unspecified atom stereocenters. The summed E-state index contributed by atoms with van der Waals surface area (Å²) in [5.74, 6) is -0.979. The average Bonchev–Trinajstić information content (AvgIpc) is 2.94. The number of nitrogens with one attached hydrogen (secondary N) is 1. The molecule has 0 bridgehead atoms. The molecule has 1 aliphatic carbocycles. The zero-order valence-electron chi connectivity index (χ0n) is 14.0. The fourth-order valence-electron chi connectivity index (χ4n) is 3.05. The Morgan fingerprint density at radius 1 is 1.28 bits per heavy atom. The maximum Gasteiger partial charge on any atom is 0.354 e. The zero-order chi connectivity index (χ0) is 18.2. The number of methoxy groups -OCH3 is 1. The van der Waals surface area contributed by atoms with Crippen molar-refractivity contribution >= 4 is 16.0 Å². The molecule has 0 saturated heterocycles. The molecule has 3 rings (SSSR count). The Kier molecular flexibility index (Phi) is 4.42. The minimum absolute atomic E-state index is 0.0104. The maximum atomic E-state index is 13.2. The molecule has 1 heterocycles. The molecule has 0 spiro atoms. The van der Waals surface area contributed by atoms with E-state index in [4.69, 9.17) is 0 Å². The van der Waals surface area contributed by atoms with Gasteiger partial charge in [0.2, 0.25) is 10.0 Å². The van der Waals surface area contributed by atoms with Gasteiger partial charge in [-0.3, -0.25) is 0 Å². The monoisotopic (exact) mass is 366 g/mol. The number of carbonyl (C=O) groups excluding carboxylic acids is 1. The highest BCUT2D eigenvalue weighted by atomic mass is 32.2. The van der Waals surface area contributed by atoms with E-state index in [1.165, 1.54) is 36.1 Å². The molecular weight excluding hydrogens is 347 g/mol. The number of halogens is 1. The lowest BCUT2D eigenvalue weighted by molar-refractivity contribution is 0.0590. The highest BCUT2D eigenvalue weighted by molar-refractivity contribution is 7.89. The van der Waals surface area contributed by atoms with E-state index < -0.39 is 21.5 Å². The molecule has 2 aromatic rings. The molecular formula is C17H19FN2O4S. The number of esters is 1. The van der Waals surface area contributed by atoms with Gasteiger partial charge in [0.15, 0.2) is 0 Å². The lowest BCUT2D eigenvalue weighted by atomic mass is 9.73. The zero-order valence-corrected chi connectivity index (χ0v) is 14.8. The number of aromatic nitrogens is 1. The van der Waals surface area contributed by atoms with Crippen molar-refractivity contribution in [3.8, 4) is 0 Å². The summed E-state index contributed by atoms with van der Waals surface area (Å²) < 4.78 is 47.6. The first kappa shape index (κ1) is 17.6. The van der Waals surface area contributed by atoms with Gasteiger partial charge in [-0.15, -0.1) is 0 Å². The van der Waals surface area contributed by atoms with Gasteiger partial charge < -0.3 is 9.30 Å². The SMILES string of the molecule is COC(=O)c1cc(S(=O)(=O)NC2(c3ccc(F)cc3)CCC2)cn1C. The average molecular weight is 366 g/mol. The Balaban J connectivity index is 1.92. The molecule has 1 aromatic heterocycles. The Hall–Kier alpha value is -2.19. The normalized spacial score (nSPS) is 16.3. The van der Waals surface area contributed by atoms with Crippen LogP contribution in [0.15, 0.2) is 41.4 Å². The number of nitrogens with zero attached hydrogens (tertiary/aromatic N) is 1. The number of sulfonamides is 1. The number of ether oxygens (including phenoxy) is 1. The van der Waals surface area contributed by atoms with Gasteiger partial charge in [-0.2, -0.15) is 0 Å². The molecule has 0 aliphatic heterocycles. The second kappa shape index (κ2) is 6.27. The smallest absolute Gasteiger partial charge is 0.354 e. The van der Waals surface area contributed by atoms with Crippen LogP contribution in [-0.4, -0.2) is 26.1 Å². The number of rotatable bonds is 5. The number of hydrogen-bond acceptors (Lipinski definition) is 4. The Labute approximate surface area is 145 Å². The van der Waals surface area contributed by atoms with Crippen LogP contribution in [0.1, 0.15) is 35.3 Å². The van der Waals surface area contributed by atoms with Gasteiger partial charge in [-0.05, 0) is 43.0 Å². The summed E-state index contributed by atoms with van der Waals surface area (Å²) in [5, 5.41) is 0. The molecule has 1 saturated carbocycles. The third-order valence-electron chi connectivity index (χ3n) is 4.62. The largest absolute Gasteiger partial charge is 0.464 e. The summed E-state index contributed by atoms with van der Waals surface area (Å²) >= 11 is 0. The highest BCUT2D eigenvalue weighted by Gasteiger charge is 2.42. The third-order valence-corrected chi connectivity index (χ3v) is 6.12. The predicted octanol–water partition coefficient (Wildman–Crippen LogP) is 2.31. The highest BCUT2D eigenvalue weighted by Crippen LogP contribution is 2.42. The quantitative estimate of drug-likeness (QED) is 0.824. The topological polar surface area (TPSA) is 77.4 Å². The summed E-state index contributed by atoms with van der Waals surface area (Å²) in [4.78, 5) is 11.7. The van der Waals surface area contributed by atoms with Crippen LogP contribution in [0.25, 0.3) is 0 Å². The third kappa shape index (κ3) is 3.19. The van der Waals surface area contributed by atoms with Gasteiger partial charge in [0.1, 0.15) is 16.4 Å². The van der Waals surface area contributed by atoms with E-state index in [0.29, 0.717) is 12.8 Å². The van der Waals surface area contributed by atoms with Crippen LogP contribution < -0.4 is 4.72 Å². The lowest BCUT2D eigenvalue weighted by Gasteiger charge is -2.42. The molecule has 1 N–H and O–H groups in total. The summed E-state index contributed by atoms with van der Waals surface area (Å²) in [6, 6.07) is 7.12. The number of aryl methyl sites for hydroxylation is 1. The van der Waals surface area contributed by atoms with Crippen molar-refractivity contribution in [2.75, 3.05) is 7.11 Å². The fraction of sp³-hybridized carbons (Fsp3) is 0.353. The summed E-state index contributed by atoms with van der Waals surface area (Å²) in [6.45, 7) is 0. The molecule has 6 nitrogen and oxygen atoms in total. The summed E-state index contributed by atoms with van der Waals surface area (Å²) in [6.07, 6.45) is 3.51. The second-order valence-corrected chi connectivity index (χ2v) is 7.89. The van der Waals surface area contributed by atoms with Gasteiger partial charge in [0.05, 0.1) is 12.6 Å². The van der Waals surface area contributed by atoms with Gasteiger partial charge in [0.25, 0.3) is 0 Å². The Bertz CT molecular complexity index is 899. The van der Waals surface area contributed by atoms with Crippen molar-refractivity contribution in [1.29, 1.82) is 0 Å². The molecule has 0 amide bonds. The molecule has 1 fully saturated rings. The molecule has 0 atom stereocenters. The molecule has 1 aliphatic rings. The van der Waals surface area contributed by atoms with Gasteiger partial charge >= 0.3 is 5.97 Å². The predicted molar refractivity (Wildman–Crippen MR) is 89.0 cm³/mol. The fourth-order valence-corrected chi connectivity index (χ4v) is 4.57. The first-order valence-corrected chi connectivity index (χ1v) is 9.30. The van der Waals surface area contributed by atoms with Gasteiger partial charge in [-0.25, -0.2) is 22.3 Å². The van der Waals surface area contributed by atoms with E-state index in [1.807, 2.05) is 0 Å². The first-order valence-electron chi connectivity index (χ1n) is 7.82. The Morgan fingerprint density at radius 3 is 2.44 bits per heavy atom. The van der Waals surface area contributed by atoms with Crippen LogP contribution in [-0.2, 0) is 27.3 Å². The first-order chi connectivity index (χ1) is 11.8. The summed E-state index contributed by atoms with van der Waals surface area (Å²) in [7, 11) is -1.04. The van der Waals surface area contributed by atoms with Crippen LogP contribution in [0, 0.1) is 5.82 Å². The molecule has 1 aromatic carbocycles. The van der Waals surface area contributed by atoms with E-state index >= 15 is 0 Å². The van der Waals surface area contributed by atoms with Gasteiger partial charge in [-0.1, -0.05) is 12.1 Å². The second-order valence-electron chi connectivity index (χ2n) is 6.21. The van der Waals surface area contributed by atoms with Crippen LogP contribution >= 0.6 is 0 Å². The molecule has 8 heteroatoms. The standard InChI is InChI=1S/C17H19FN2O4S/c1-20-11-14(10-15(20)16(21)24-2)25(22,23)19-17(8-3-9-17)12-4-6-13(18)7-5-12/h4-7,10-11,19H,3,8-9H2,1-2H3. The maximum absolute atomic E-state index is 13.2. The van der Waals surface area contributed by atoms with Crippen LogP contribution in [0.3, 0.4) is 0 Å². The minimum Gasteiger partial charge on any atom is -0.464 e. The van der Waals surface area contributed by atoms with E-state index in [1.54, 1.807) is 19.2 Å². The lowest BCUT2D eigenvalue weighted by Crippen LogP contribution is -2.50. The Morgan fingerprint density at radius 2 is 1.92 bits per heavy atom. The minimum atomic E-state index is -3.85. The van der Waals surface area contributed by atoms with Crippen molar-refractivity contribution in [3.05, 3.63) is 53.6 Å². The number of carbonyl (C=O) groups is 1. The number of benzene rings is 1. The van der Waals surface area contributed by atoms with Crippen LogP contribution in [0.2, 0.25) is 0 Å². The van der Waals surface area contributed by atoms with Crippen LogP contribution in [0.4, 0.5) is 4.39 Å². The number of hydrogen-bond donors (Lipinski definition) is 1. The van der Waals surface area contributed by atoms with Crippen molar-refractivity contribution in [2.24, 2.45) is 7.05 Å². The van der Waals surface area contributed by atoms with Crippen molar-refractivity contribution in [1.82, 2.24) is 9.29 Å².